The molecule has 0 spiro atoms. The lowest BCUT2D eigenvalue weighted by Crippen LogP contribution is -2.41. The average molecular weight is 311 g/mol. The van der Waals surface area contributed by atoms with Crippen LogP contribution in [0.25, 0.3) is 0 Å². The molecule has 1 atom stereocenters. The van der Waals surface area contributed by atoms with Crippen molar-refractivity contribution in [2.45, 2.75) is 23.8 Å². The lowest BCUT2D eigenvalue weighted by Gasteiger charge is -2.14. The van der Waals surface area contributed by atoms with Crippen molar-refractivity contribution in [3.8, 4) is 6.07 Å². The molecule has 1 amide bonds. The van der Waals surface area contributed by atoms with Crippen LogP contribution in [-0.4, -0.2) is 31.4 Å². The Hall–Kier alpha value is -2.44. The summed E-state index contributed by atoms with van der Waals surface area (Å²) >= 11 is 0. The van der Waals surface area contributed by atoms with E-state index in [0.29, 0.717) is 0 Å². The molecule has 0 heterocycles. The lowest BCUT2D eigenvalue weighted by atomic mass is 10.2. The maximum Gasteiger partial charge on any atom is 0.321 e. The Bertz CT molecular complexity index is 693. The Morgan fingerprint density at radius 3 is 2.62 bits per heavy atom. The first-order chi connectivity index (χ1) is 9.76. The molecule has 1 aromatic carbocycles. The third-order valence-corrected chi connectivity index (χ3v) is 4.02. The fourth-order valence-corrected chi connectivity index (χ4v) is 2.78. The number of hydrogen-bond acceptors (Lipinski definition) is 5. The predicted octanol–water partition coefficient (Wildman–Crippen LogP) is -0.445. The van der Waals surface area contributed by atoms with Gasteiger partial charge in [0.1, 0.15) is 6.04 Å². The van der Waals surface area contributed by atoms with E-state index in [1.807, 2.05) is 4.72 Å². The van der Waals surface area contributed by atoms with E-state index in [1.54, 1.807) is 6.07 Å². The zero-order valence-electron chi connectivity index (χ0n) is 10.8. The largest absolute Gasteiger partial charge is 0.480 e. The van der Waals surface area contributed by atoms with Gasteiger partial charge in [-0.05, 0) is 24.6 Å². The zero-order valence-corrected chi connectivity index (χ0v) is 11.6. The smallest absolute Gasteiger partial charge is 0.321 e. The molecule has 1 aromatic rings. The number of primary amides is 1. The van der Waals surface area contributed by atoms with Crippen molar-refractivity contribution in [1.29, 1.82) is 5.26 Å². The van der Waals surface area contributed by atoms with Crippen LogP contribution in [0, 0.1) is 11.3 Å². The maximum atomic E-state index is 12.1. The second kappa shape index (κ2) is 6.83. The van der Waals surface area contributed by atoms with E-state index >= 15 is 0 Å². The first-order valence-corrected chi connectivity index (χ1v) is 7.28. The number of aliphatic carboxylic acids is 1. The molecule has 0 radical (unpaired) electrons. The second-order valence-electron chi connectivity index (χ2n) is 4.16. The van der Waals surface area contributed by atoms with Gasteiger partial charge < -0.3 is 10.8 Å². The van der Waals surface area contributed by atoms with Crippen LogP contribution in [0.3, 0.4) is 0 Å². The first-order valence-electron chi connectivity index (χ1n) is 5.80. The number of benzene rings is 1. The van der Waals surface area contributed by atoms with Gasteiger partial charge in [-0.1, -0.05) is 6.07 Å². The Morgan fingerprint density at radius 2 is 2.10 bits per heavy atom. The van der Waals surface area contributed by atoms with E-state index in [1.165, 1.54) is 18.2 Å². The zero-order chi connectivity index (χ0) is 16.0. The molecule has 0 aliphatic heterocycles. The Kier molecular flexibility index (Phi) is 5.40. The number of carbonyl (C=O) groups excluding carboxylic acids is 1. The fourth-order valence-electron chi connectivity index (χ4n) is 1.51. The number of hydrogen-bond donors (Lipinski definition) is 3. The monoisotopic (exact) mass is 311 g/mol. The summed E-state index contributed by atoms with van der Waals surface area (Å²) in [6.07, 6.45) is -0.528. The van der Waals surface area contributed by atoms with Crippen LogP contribution in [0.5, 0.6) is 0 Å². The summed E-state index contributed by atoms with van der Waals surface area (Å²) in [5, 5.41) is 17.7. The van der Waals surface area contributed by atoms with Gasteiger partial charge >= 0.3 is 5.97 Å². The summed E-state index contributed by atoms with van der Waals surface area (Å²) in [7, 11) is -4.12. The molecule has 0 fully saturated rings. The lowest BCUT2D eigenvalue weighted by molar-refractivity contribution is -0.139. The molecule has 0 saturated heterocycles. The number of carboxylic acids is 1. The van der Waals surface area contributed by atoms with Crippen molar-refractivity contribution in [3.05, 3.63) is 29.8 Å². The minimum atomic E-state index is -4.12. The number of carbonyl (C=O) groups is 2. The second-order valence-corrected chi connectivity index (χ2v) is 5.87. The predicted molar refractivity (Wildman–Crippen MR) is 71.3 cm³/mol. The molecule has 4 N–H and O–H groups in total. The highest BCUT2D eigenvalue weighted by atomic mass is 32.2. The summed E-state index contributed by atoms with van der Waals surface area (Å²) in [5.41, 5.74) is 5.04. The van der Waals surface area contributed by atoms with Crippen molar-refractivity contribution < 1.29 is 23.1 Å². The first kappa shape index (κ1) is 16.6. The molecule has 1 rings (SSSR count). The number of nitrogens with two attached hydrogens (primary N) is 1. The van der Waals surface area contributed by atoms with Gasteiger partial charge in [0, 0.05) is 6.42 Å². The van der Waals surface area contributed by atoms with Crippen LogP contribution in [0.2, 0.25) is 0 Å². The number of rotatable bonds is 7. The summed E-state index contributed by atoms with van der Waals surface area (Å²) in [4.78, 5) is 21.4. The SMILES string of the molecule is N#Cc1cccc(S(=O)(=O)NC(CCC(N)=O)C(=O)O)c1. The number of amides is 1. The van der Waals surface area contributed by atoms with Gasteiger partial charge in [0.15, 0.2) is 0 Å². The van der Waals surface area contributed by atoms with Crippen LogP contribution in [0.15, 0.2) is 29.2 Å². The standard InChI is InChI=1S/C12H13N3O5S/c13-7-8-2-1-3-9(6-8)21(19,20)15-10(12(17)18)4-5-11(14)16/h1-3,6,10,15H,4-5H2,(H2,14,16)(H,17,18). The summed E-state index contributed by atoms with van der Waals surface area (Å²) in [6.45, 7) is 0. The van der Waals surface area contributed by atoms with Crippen molar-refractivity contribution >= 4 is 21.9 Å². The van der Waals surface area contributed by atoms with Gasteiger partial charge in [-0.3, -0.25) is 9.59 Å². The molecule has 0 bridgehead atoms. The van der Waals surface area contributed by atoms with Crippen LogP contribution in [-0.2, 0) is 19.6 Å². The number of nitrogens with one attached hydrogen (secondary N) is 1. The molecular weight excluding hydrogens is 298 g/mol. The molecular formula is C12H13N3O5S. The molecule has 21 heavy (non-hydrogen) atoms. The van der Waals surface area contributed by atoms with Gasteiger partial charge in [-0.15, -0.1) is 0 Å². The van der Waals surface area contributed by atoms with Gasteiger partial charge in [-0.25, -0.2) is 8.42 Å². The quantitative estimate of drug-likeness (QED) is 0.620. The van der Waals surface area contributed by atoms with Crippen LogP contribution < -0.4 is 10.5 Å². The van der Waals surface area contributed by atoms with E-state index in [0.717, 1.165) is 6.07 Å². The van der Waals surface area contributed by atoms with Crippen LogP contribution in [0.1, 0.15) is 18.4 Å². The van der Waals surface area contributed by atoms with E-state index in [9.17, 15) is 18.0 Å². The number of nitriles is 1. The molecule has 0 aromatic heterocycles. The molecule has 1 unspecified atom stereocenters. The highest BCUT2D eigenvalue weighted by molar-refractivity contribution is 7.89. The third-order valence-electron chi connectivity index (χ3n) is 2.55. The number of carboxylic acid groups (broad SMARTS) is 1. The van der Waals surface area contributed by atoms with Crippen LogP contribution >= 0.6 is 0 Å². The summed E-state index contributed by atoms with van der Waals surface area (Å²) in [5.74, 6) is -2.15. The summed E-state index contributed by atoms with van der Waals surface area (Å²) in [6, 6.07) is 5.44. The molecule has 112 valence electrons. The van der Waals surface area contributed by atoms with Gasteiger partial charge in [0.2, 0.25) is 15.9 Å². The Balaban J connectivity index is 2.98. The van der Waals surface area contributed by atoms with E-state index < -0.39 is 27.9 Å². The molecule has 0 saturated carbocycles. The molecule has 0 aliphatic carbocycles. The van der Waals surface area contributed by atoms with Gasteiger partial charge in [0.05, 0.1) is 16.5 Å². The topological polar surface area (TPSA) is 150 Å². The third kappa shape index (κ3) is 4.87. The molecule has 0 aliphatic rings. The van der Waals surface area contributed by atoms with Gasteiger partial charge in [-0.2, -0.15) is 9.98 Å². The Labute approximate surface area is 121 Å². The molecule has 8 nitrogen and oxygen atoms in total. The van der Waals surface area contributed by atoms with Crippen molar-refractivity contribution in [3.63, 3.8) is 0 Å². The van der Waals surface area contributed by atoms with E-state index in [4.69, 9.17) is 16.1 Å². The minimum absolute atomic E-state index is 0.127. The Morgan fingerprint density at radius 1 is 1.43 bits per heavy atom. The van der Waals surface area contributed by atoms with Crippen molar-refractivity contribution in [2.24, 2.45) is 5.73 Å². The molecule has 9 heteroatoms. The minimum Gasteiger partial charge on any atom is -0.480 e. The highest BCUT2D eigenvalue weighted by Gasteiger charge is 2.25. The van der Waals surface area contributed by atoms with Crippen LogP contribution in [0.4, 0.5) is 0 Å². The van der Waals surface area contributed by atoms with Crippen molar-refractivity contribution in [1.82, 2.24) is 4.72 Å². The van der Waals surface area contributed by atoms with E-state index in [2.05, 4.69) is 0 Å². The maximum absolute atomic E-state index is 12.1. The average Bonchev–Trinajstić information content (AvgIpc) is 2.43. The normalized spacial score (nSPS) is 12.3. The van der Waals surface area contributed by atoms with Crippen molar-refractivity contribution in [2.75, 3.05) is 0 Å². The van der Waals surface area contributed by atoms with Gasteiger partial charge in [0.25, 0.3) is 0 Å². The fraction of sp³-hybridized carbons (Fsp3) is 0.250. The summed E-state index contributed by atoms with van der Waals surface area (Å²) < 4.78 is 26.1. The highest BCUT2D eigenvalue weighted by Crippen LogP contribution is 2.12. The number of nitrogens with zero attached hydrogens (tertiary/aromatic N) is 1. The number of sulfonamides is 1. The van der Waals surface area contributed by atoms with E-state index in [-0.39, 0.29) is 23.3 Å².